The summed E-state index contributed by atoms with van der Waals surface area (Å²) in [7, 11) is 1.51. The first-order valence-corrected chi connectivity index (χ1v) is 4.32. The summed E-state index contributed by atoms with van der Waals surface area (Å²) in [5.74, 6) is -2.99. The van der Waals surface area contributed by atoms with Gasteiger partial charge in [0.2, 0.25) is 0 Å². The number of hydrogen-bond donors (Lipinski definition) is 1. The topological polar surface area (TPSA) is 56.7 Å². The van der Waals surface area contributed by atoms with Gasteiger partial charge in [-0.2, -0.15) is 0 Å². The number of alkyl halides is 2. The predicted molar refractivity (Wildman–Crippen MR) is 46.3 cm³/mol. The molecule has 0 aliphatic heterocycles. The van der Waals surface area contributed by atoms with E-state index in [-0.39, 0.29) is 10.3 Å². The Morgan fingerprint density at radius 2 is 2.15 bits per heavy atom. The van der Waals surface area contributed by atoms with Crippen molar-refractivity contribution < 1.29 is 8.78 Å². The van der Waals surface area contributed by atoms with Crippen LogP contribution < -0.4 is 5.73 Å². The van der Waals surface area contributed by atoms with Gasteiger partial charge >= 0.3 is 0 Å². The quantitative estimate of drug-likeness (QED) is 0.864. The highest BCUT2D eigenvalue weighted by molar-refractivity contribution is 9.10. The highest BCUT2D eigenvalue weighted by atomic mass is 79.9. The van der Waals surface area contributed by atoms with Gasteiger partial charge < -0.3 is 5.73 Å². The van der Waals surface area contributed by atoms with Gasteiger partial charge in [-0.3, -0.25) is 0 Å². The van der Waals surface area contributed by atoms with Crippen LogP contribution in [0.4, 0.5) is 8.78 Å². The maximum Gasteiger partial charge on any atom is 0.265 e. The fraction of sp³-hybridized carbons (Fsp3) is 0.667. The largest absolute Gasteiger partial charge is 0.318 e. The van der Waals surface area contributed by atoms with Crippen LogP contribution in [0.25, 0.3) is 0 Å². The van der Waals surface area contributed by atoms with Crippen molar-refractivity contribution in [3.63, 3.8) is 0 Å². The Morgan fingerprint density at radius 3 is 2.46 bits per heavy atom. The molecular formula is C6H9BrF2N4. The average molecular weight is 255 g/mol. The molecule has 0 saturated carbocycles. The van der Waals surface area contributed by atoms with E-state index in [1.807, 2.05) is 0 Å². The van der Waals surface area contributed by atoms with E-state index in [0.717, 1.165) is 6.92 Å². The first-order valence-electron chi connectivity index (χ1n) is 3.52. The molecule has 1 aromatic rings. The maximum atomic E-state index is 12.8. The summed E-state index contributed by atoms with van der Waals surface area (Å²) >= 11 is 3.00. The Kier molecular flexibility index (Phi) is 2.67. The van der Waals surface area contributed by atoms with Gasteiger partial charge in [0, 0.05) is 14.0 Å². The molecule has 0 saturated heterocycles. The highest BCUT2D eigenvalue weighted by Gasteiger charge is 2.36. The van der Waals surface area contributed by atoms with Crippen molar-refractivity contribution in [2.75, 3.05) is 0 Å². The van der Waals surface area contributed by atoms with Crippen LogP contribution in [0.2, 0.25) is 0 Å². The number of hydrogen-bond acceptors (Lipinski definition) is 3. The first kappa shape index (κ1) is 10.5. The third kappa shape index (κ3) is 2.02. The van der Waals surface area contributed by atoms with E-state index in [2.05, 4.69) is 26.2 Å². The monoisotopic (exact) mass is 254 g/mol. The number of aromatic nitrogens is 3. The lowest BCUT2D eigenvalue weighted by Crippen LogP contribution is -2.31. The van der Waals surface area contributed by atoms with Gasteiger partial charge in [-0.05, 0) is 15.9 Å². The summed E-state index contributed by atoms with van der Waals surface area (Å²) in [5.41, 5.74) is 5.52. The summed E-state index contributed by atoms with van der Waals surface area (Å²) in [6, 6.07) is -1.40. The fourth-order valence-electron chi connectivity index (χ4n) is 0.909. The molecule has 0 fully saturated rings. The normalized spacial score (nSPS) is 14.6. The van der Waals surface area contributed by atoms with Crippen LogP contribution in [0.3, 0.4) is 0 Å². The Labute approximate surface area is 82.2 Å². The molecule has 1 atom stereocenters. The molecule has 74 valence electrons. The summed E-state index contributed by atoms with van der Waals surface area (Å²) < 4.78 is 27.1. The first-order chi connectivity index (χ1) is 5.84. The molecular weight excluding hydrogens is 246 g/mol. The zero-order valence-electron chi connectivity index (χ0n) is 7.13. The van der Waals surface area contributed by atoms with E-state index in [1.165, 1.54) is 11.7 Å². The molecule has 0 aliphatic rings. The van der Waals surface area contributed by atoms with E-state index < -0.39 is 12.0 Å². The Morgan fingerprint density at radius 1 is 1.62 bits per heavy atom. The van der Waals surface area contributed by atoms with Crippen LogP contribution >= 0.6 is 15.9 Å². The van der Waals surface area contributed by atoms with E-state index in [1.54, 1.807) is 0 Å². The van der Waals surface area contributed by atoms with Gasteiger partial charge in [0.1, 0.15) is 6.04 Å². The minimum atomic E-state index is -2.99. The van der Waals surface area contributed by atoms with Gasteiger partial charge in [-0.15, -0.1) is 5.10 Å². The lowest BCUT2D eigenvalue weighted by atomic mass is 10.1. The molecule has 1 rings (SSSR count). The van der Waals surface area contributed by atoms with Gasteiger partial charge in [0.15, 0.2) is 4.60 Å². The zero-order valence-corrected chi connectivity index (χ0v) is 8.72. The van der Waals surface area contributed by atoms with Crippen molar-refractivity contribution in [2.24, 2.45) is 12.8 Å². The van der Waals surface area contributed by atoms with Gasteiger partial charge in [0.25, 0.3) is 5.92 Å². The Hall–Kier alpha value is -0.560. The smallest absolute Gasteiger partial charge is 0.265 e. The van der Waals surface area contributed by atoms with Crippen molar-refractivity contribution in [3.8, 4) is 0 Å². The van der Waals surface area contributed by atoms with Crippen LogP contribution in [0, 0.1) is 0 Å². The van der Waals surface area contributed by atoms with E-state index >= 15 is 0 Å². The number of rotatable bonds is 2. The predicted octanol–water partition coefficient (Wildman–Crippen LogP) is 1.23. The average Bonchev–Trinajstić information content (AvgIpc) is 2.28. The molecule has 1 heterocycles. The van der Waals surface area contributed by atoms with Crippen molar-refractivity contribution >= 4 is 15.9 Å². The van der Waals surface area contributed by atoms with E-state index in [4.69, 9.17) is 5.73 Å². The molecule has 0 aromatic carbocycles. The number of nitrogens with zero attached hydrogens (tertiary/aromatic N) is 3. The molecule has 0 bridgehead atoms. The molecule has 0 spiro atoms. The number of nitrogens with two attached hydrogens (primary N) is 1. The minimum Gasteiger partial charge on any atom is -0.318 e. The second kappa shape index (κ2) is 3.30. The molecule has 7 heteroatoms. The van der Waals surface area contributed by atoms with Crippen molar-refractivity contribution in [3.05, 3.63) is 10.3 Å². The molecule has 1 unspecified atom stereocenters. The molecule has 0 amide bonds. The van der Waals surface area contributed by atoms with E-state index in [9.17, 15) is 8.78 Å². The Bertz CT molecular complexity index is 287. The van der Waals surface area contributed by atoms with Crippen molar-refractivity contribution in [2.45, 2.75) is 18.9 Å². The maximum absolute atomic E-state index is 12.8. The standard InChI is InChI=1S/C6H9BrF2N4/c1-6(8,9)4(10)3-5(7)11-12-13(3)2/h4H,10H2,1-2H3. The van der Waals surface area contributed by atoms with Gasteiger partial charge in [-0.1, -0.05) is 5.21 Å². The van der Waals surface area contributed by atoms with Crippen LogP contribution in [-0.4, -0.2) is 20.9 Å². The molecule has 1 aromatic heterocycles. The lowest BCUT2D eigenvalue weighted by molar-refractivity contribution is -0.00879. The minimum absolute atomic E-state index is 0.188. The molecule has 4 nitrogen and oxygen atoms in total. The SMILES string of the molecule is Cn1nnc(Br)c1C(N)C(C)(F)F. The second-order valence-electron chi connectivity index (χ2n) is 2.82. The second-order valence-corrected chi connectivity index (χ2v) is 3.57. The summed E-state index contributed by atoms with van der Waals surface area (Å²) in [6.07, 6.45) is 0. The summed E-state index contributed by atoms with van der Waals surface area (Å²) in [6.45, 7) is 0.761. The number of halogens is 3. The molecule has 13 heavy (non-hydrogen) atoms. The van der Waals surface area contributed by atoms with Crippen LogP contribution in [0.5, 0.6) is 0 Å². The highest BCUT2D eigenvalue weighted by Crippen LogP contribution is 2.31. The van der Waals surface area contributed by atoms with Crippen molar-refractivity contribution in [1.82, 2.24) is 15.0 Å². The fourth-order valence-corrected chi connectivity index (χ4v) is 1.48. The van der Waals surface area contributed by atoms with Crippen molar-refractivity contribution in [1.29, 1.82) is 0 Å². The third-order valence-corrected chi connectivity index (χ3v) is 2.23. The van der Waals surface area contributed by atoms with E-state index in [0.29, 0.717) is 0 Å². The van der Waals surface area contributed by atoms with Crippen LogP contribution in [0.15, 0.2) is 4.60 Å². The van der Waals surface area contributed by atoms with Gasteiger partial charge in [0.05, 0.1) is 5.69 Å². The number of aryl methyl sites for hydroxylation is 1. The zero-order chi connectivity index (χ0) is 10.2. The molecule has 0 aliphatic carbocycles. The summed E-state index contributed by atoms with van der Waals surface area (Å²) in [5, 5.41) is 7.12. The summed E-state index contributed by atoms with van der Waals surface area (Å²) in [4.78, 5) is 0. The van der Waals surface area contributed by atoms with Crippen LogP contribution in [0.1, 0.15) is 18.7 Å². The van der Waals surface area contributed by atoms with Crippen LogP contribution in [-0.2, 0) is 7.05 Å². The Balaban J connectivity index is 3.08. The third-order valence-electron chi connectivity index (χ3n) is 1.67. The van der Waals surface area contributed by atoms with Gasteiger partial charge in [-0.25, -0.2) is 13.5 Å². The molecule has 0 radical (unpaired) electrons. The molecule has 2 N–H and O–H groups in total. The lowest BCUT2D eigenvalue weighted by Gasteiger charge is -2.18.